The van der Waals surface area contributed by atoms with Gasteiger partial charge in [-0.1, -0.05) is 36.4 Å². The summed E-state index contributed by atoms with van der Waals surface area (Å²) in [5.41, 5.74) is 2.56. The van der Waals surface area contributed by atoms with Crippen LogP contribution in [0.1, 0.15) is 40.7 Å². The zero-order valence-corrected chi connectivity index (χ0v) is 19.0. The molecule has 0 unspecified atom stereocenters. The van der Waals surface area contributed by atoms with Crippen molar-refractivity contribution in [2.75, 3.05) is 39.3 Å². The van der Waals surface area contributed by atoms with Gasteiger partial charge in [0.25, 0.3) is 5.91 Å². The highest BCUT2D eigenvalue weighted by Crippen LogP contribution is 2.23. The number of hydrogen-bond acceptors (Lipinski definition) is 4. The van der Waals surface area contributed by atoms with Gasteiger partial charge in [0.1, 0.15) is 0 Å². The van der Waals surface area contributed by atoms with Crippen LogP contribution in [0.5, 0.6) is 0 Å². The lowest BCUT2D eigenvalue weighted by Crippen LogP contribution is -2.48. The number of carbonyl (C=O) groups excluding carboxylic acids is 1. The summed E-state index contributed by atoms with van der Waals surface area (Å²) in [6.07, 6.45) is 3.17. The summed E-state index contributed by atoms with van der Waals surface area (Å²) in [4.78, 5) is 17.4. The van der Waals surface area contributed by atoms with Gasteiger partial charge < -0.3 is 4.90 Å². The molecule has 2 aliphatic rings. The molecule has 0 aromatic heterocycles. The smallest absolute Gasteiger partial charge is 0.254 e. The molecular weight excluding hydrogens is 410 g/mol. The highest BCUT2D eigenvalue weighted by Gasteiger charge is 2.30. The number of carbonyl (C=O) groups is 1. The number of amides is 1. The quantitative estimate of drug-likeness (QED) is 0.715. The Morgan fingerprint density at radius 3 is 2.23 bits per heavy atom. The van der Waals surface area contributed by atoms with Gasteiger partial charge in [-0.2, -0.15) is 4.31 Å². The molecule has 0 spiro atoms. The lowest BCUT2D eigenvalue weighted by Gasteiger charge is -2.34. The molecule has 0 bridgehead atoms. The van der Waals surface area contributed by atoms with Crippen LogP contribution in [0.2, 0.25) is 0 Å². The Morgan fingerprint density at radius 1 is 0.871 bits per heavy atom. The predicted molar refractivity (Wildman–Crippen MR) is 121 cm³/mol. The van der Waals surface area contributed by atoms with Crippen molar-refractivity contribution >= 4 is 15.9 Å². The topological polar surface area (TPSA) is 60.9 Å². The van der Waals surface area contributed by atoms with Crippen molar-refractivity contribution in [3.8, 4) is 0 Å². The third kappa shape index (κ3) is 5.00. The van der Waals surface area contributed by atoms with E-state index in [0.717, 1.165) is 44.5 Å². The molecule has 6 nitrogen and oxygen atoms in total. The molecule has 166 valence electrons. The van der Waals surface area contributed by atoms with Crippen LogP contribution in [0.4, 0.5) is 0 Å². The second kappa shape index (κ2) is 9.51. The average Bonchev–Trinajstić information content (AvgIpc) is 2.80. The van der Waals surface area contributed by atoms with Gasteiger partial charge in [-0.3, -0.25) is 9.69 Å². The molecule has 2 heterocycles. The van der Waals surface area contributed by atoms with E-state index in [9.17, 15) is 13.2 Å². The molecule has 2 aliphatic heterocycles. The van der Waals surface area contributed by atoms with Gasteiger partial charge >= 0.3 is 0 Å². The van der Waals surface area contributed by atoms with Crippen molar-refractivity contribution in [2.24, 2.45) is 0 Å². The van der Waals surface area contributed by atoms with Crippen LogP contribution in [0.25, 0.3) is 0 Å². The van der Waals surface area contributed by atoms with E-state index in [0.29, 0.717) is 31.7 Å². The molecule has 7 heteroatoms. The zero-order valence-electron chi connectivity index (χ0n) is 18.2. The van der Waals surface area contributed by atoms with E-state index < -0.39 is 10.0 Å². The Hall–Kier alpha value is -2.22. The van der Waals surface area contributed by atoms with Crippen LogP contribution >= 0.6 is 0 Å². The van der Waals surface area contributed by atoms with E-state index in [1.807, 2.05) is 30.0 Å². The van der Waals surface area contributed by atoms with Crippen LogP contribution in [0.15, 0.2) is 53.4 Å². The molecule has 0 saturated carbocycles. The monoisotopic (exact) mass is 441 g/mol. The molecule has 2 aromatic rings. The fourth-order valence-corrected chi connectivity index (χ4v) is 5.83. The fourth-order valence-electron chi connectivity index (χ4n) is 4.38. The van der Waals surface area contributed by atoms with Gasteiger partial charge in [0.05, 0.1) is 4.90 Å². The highest BCUT2D eigenvalue weighted by atomic mass is 32.2. The molecule has 0 atom stereocenters. The maximum Gasteiger partial charge on any atom is 0.254 e. The van der Waals surface area contributed by atoms with Gasteiger partial charge in [-0.25, -0.2) is 8.42 Å². The van der Waals surface area contributed by atoms with Crippen LogP contribution in [0, 0.1) is 6.92 Å². The number of sulfonamides is 1. The molecule has 0 radical (unpaired) electrons. The first kappa shape index (κ1) is 22.0. The van der Waals surface area contributed by atoms with E-state index in [1.165, 1.54) is 5.56 Å². The van der Waals surface area contributed by atoms with Crippen molar-refractivity contribution in [1.82, 2.24) is 14.1 Å². The van der Waals surface area contributed by atoms with Gasteiger partial charge in [-0.15, -0.1) is 0 Å². The van der Waals surface area contributed by atoms with Gasteiger partial charge in [-0.05, 0) is 49.4 Å². The van der Waals surface area contributed by atoms with E-state index in [2.05, 4.69) is 17.0 Å². The van der Waals surface area contributed by atoms with Crippen molar-refractivity contribution in [2.45, 2.75) is 37.6 Å². The number of piperidine rings is 1. The summed E-state index contributed by atoms with van der Waals surface area (Å²) in [6, 6.07) is 15.2. The Morgan fingerprint density at radius 2 is 1.55 bits per heavy atom. The molecule has 2 aromatic carbocycles. The summed E-state index contributed by atoms with van der Waals surface area (Å²) in [7, 11) is -3.63. The second-order valence-electron chi connectivity index (χ2n) is 8.50. The number of nitrogens with zero attached hydrogens (tertiary/aromatic N) is 3. The third-order valence-electron chi connectivity index (χ3n) is 6.30. The summed E-state index contributed by atoms with van der Waals surface area (Å²) in [6.45, 7) is 6.50. The van der Waals surface area contributed by atoms with E-state index in [-0.39, 0.29) is 10.8 Å². The largest absolute Gasteiger partial charge is 0.339 e. The Labute approximate surface area is 185 Å². The van der Waals surface area contributed by atoms with E-state index >= 15 is 0 Å². The summed E-state index contributed by atoms with van der Waals surface area (Å²) >= 11 is 0. The zero-order chi connectivity index (χ0) is 21.8. The molecule has 0 N–H and O–H groups in total. The number of aryl methyl sites for hydroxylation is 1. The molecular formula is C24H31N3O3S. The van der Waals surface area contributed by atoms with Gasteiger partial charge in [0.2, 0.25) is 10.0 Å². The maximum absolute atomic E-state index is 13.3. The van der Waals surface area contributed by atoms with Crippen molar-refractivity contribution < 1.29 is 13.2 Å². The Balaban J connectivity index is 1.45. The lowest BCUT2D eigenvalue weighted by molar-refractivity contribution is 0.0723. The standard InChI is InChI=1S/C24H31N3O3S/c1-20-10-11-22(18-23(20)24(28)26-12-6-3-7-13-26)31(29,30)27-16-14-25(15-17-27)19-21-8-4-2-5-9-21/h2,4-5,8-11,18H,3,6-7,12-17,19H2,1H3. The number of benzene rings is 2. The molecule has 2 saturated heterocycles. The van der Waals surface area contributed by atoms with Crippen molar-refractivity contribution in [3.05, 3.63) is 65.2 Å². The van der Waals surface area contributed by atoms with E-state index in [4.69, 9.17) is 0 Å². The molecule has 1 amide bonds. The predicted octanol–water partition coefficient (Wildman–Crippen LogP) is 3.13. The number of rotatable bonds is 5. The first-order valence-corrected chi connectivity index (χ1v) is 12.6. The normalized spacial score (nSPS) is 18.8. The van der Waals surface area contributed by atoms with Crippen molar-refractivity contribution in [3.63, 3.8) is 0 Å². The molecule has 31 heavy (non-hydrogen) atoms. The minimum absolute atomic E-state index is 0.0538. The van der Waals surface area contributed by atoms with Crippen molar-refractivity contribution in [1.29, 1.82) is 0 Å². The first-order valence-electron chi connectivity index (χ1n) is 11.1. The summed E-state index contributed by atoms with van der Waals surface area (Å²) < 4.78 is 28.1. The second-order valence-corrected chi connectivity index (χ2v) is 10.4. The first-order chi connectivity index (χ1) is 14.9. The number of piperazine rings is 1. The third-order valence-corrected chi connectivity index (χ3v) is 8.20. The lowest BCUT2D eigenvalue weighted by atomic mass is 10.1. The molecule has 0 aliphatic carbocycles. The minimum Gasteiger partial charge on any atom is -0.339 e. The van der Waals surface area contributed by atoms with Crippen LogP contribution in [0.3, 0.4) is 0 Å². The van der Waals surface area contributed by atoms with Crippen LogP contribution in [-0.2, 0) is 16.6 Å². The van der Waals surface area contributed by atoms with Crippen LogP contribution in [-0.4, -0.2) is 67.7 Å². The van der Waals surface area contributed by atoms with Gasteiger partial charge in [0.15, 0.2) is 0 Å². The van der Waals surface area contributed by atoms with Gasteiger partial charge in [0, 0.05) is 51.4 Å². The molecule has 2 fully saturated rings. The summed E-state index contributed by atoms with van der Waals surface area (Å²) in [5.74, 6) is -0.0538. The maximum atomic E-state index is 13.3. The average molecular weight is 442 g/mol. The highest BCUT2D eigenvalue weighted by molar-refractivity contribution is 7.89. The summed E-state index contributed by atoms with van der Waals surface area (Å²) in [5, 5.41) is 0. The van der Waals surface area contributed by atoms with E-state index in [1.54, 1.807) is 22.5 Å². The molecule has 4 rings (SSSR count). The Kier molecular flexibility index (Phi) is 6.74. The fraction of sp³-hybridized carbons (Fsp3) is 0.458. The minimum atomic E-state index is -3.63. The number of hydrogen-bond donors (Lipinski definition) is 0. The Bertz CT molecular complexity index is 1010. The van der Waals surface area contributed by atoms with Crippen LogP contribution < -0.4 is 0 Å². The SMILES string of the molecule is Cc1ccc(S(=O)(=O)N2CCN(Cc3ccccc3)CC2)cc1C(=O)N1CCCCC1. The number of likely N-dealkylation sites (tertiary alicyclic amines) is 1.